The molecule has 0 aliphatic heterocycles. The molecule has 2 aromatic carbocycles. The van der Waals surface area contributed by atoms with E-state index in [0.717, 1.165) is 0 Å². The molecule has 5 N–H and O–H groups in total. The van der Waals surface area contributed by atoms with Gasteiger partial charge in [0, 0.05) is 0 Å². The van der Waals surface area contributed by atoms with Crippen molar-refractivity contribution in [2.24, 2.45) is 11.7 Å². The fourth-order valence-electron chi connectivity index (χ4n) is 1.59. The first-order valence-corrected chi connectivity index (χ1v) is 9.01. The van der Waals surface area contributed by atoms with Crippen LogP contribution in [-0.2, 0) is 20.2 Å². The molecule has 0 saturated carbocycles. The predicted molar refractivity (Wildman–Crippen MR) is 82.4 cm³/mol. The Labute approximate surface area is 133 Å². The maximum Gasteiger partial charge on any atom is 0.318 e. The Morgan fingerprint density at radius 1 is 0.870 bits per heavy atom. The van der Waals surface area contributed by atoms with Crippen LogP contribution in [0.1, 0.15) is 0 Å². The molecule has 2 aromatic rings. The monoisotopic (exact) mass is 358 g/mol. The lowest BCUT2D eigenvalue weighted by atomic mass is 10.3. The Morgan fingerprint density at radius 2 is 1.39 bits per heavy atom. The number of ether oxygens (including phenoxy) is 1. The molecule has 0 amide bonds. The van der Waals surface area contributed by atoms with E-state index in [1.807, 2.05) is 6.07 Å². The lowest BCUT2D eigenvalue weighted by Gasteiger charge is -2.15. The van der Waals surface area contributed by atoms with Gasteiger partial charge in [-0.05, 0) is 40.2 Å². The maximum absolute atomic E-state index is 12.1. The molecule has 0 fully saturated rings. The maximum atomic E-state index is 12.1. The molecule has 9 nitrogen and oxygen atoms in total. The smallest absolute Gasteiger partial charge is 0.318 e. The van der Waals surface area contributed by atoms with Crippen molar-refractivity contribution in [2.45, 2.75) is 4.90 Å². The third kappa shape index (κ3) is 3.85. The van der Waals surface area contributed by atoms with Crippen LogP contribution in [0.15, 0.2) is 59.5 Å². The van der Waals surface area contributed by atoms with E-state index in [2.05, 4.69) is 0 Å². The van der Waals surface area contributed by atoms with Crippen molar-refractivity contribution in [1.82, 2.24) is 8.65 Å². The van der Waals surface area contributed by atoms with Crippen molar-refractivity contribution in [2.75, 3.05) is 0 Å². The number of nitrogens with zero attached hydrogens (tertiary/aromatic N) is 1. The quantitative estimate of drug-likeness (QED) is 0.488. The van der Waals surface area contributed by atoms with E-state index in [4.69, 9.17) is 16.4 Å². The highest BCUT2D eigenvalue weighted by molar-refractivity contribution is 8.03. The Balaban J connectivity index is 2.25. The number of nitrogens with two attached hydrogens (primary N) is 2. The van der Waals surface area contributed by atoms with Gasteiger partial charge in [-0.1, -0.05) is 18.2 Å². The summed E-state index contributed by atoms with van der Waals surface area (Å²) >= 11 is 0. The van der Waals surface area contributed by atoms with Crippen molar-refractivity contribution in [1.29, 1.82) is 0 Å². The van der Waals surface area contributed by atoms with Crippen molar-refractivity contribution >= 4 is 20.2 Å². The molecule has 0 unspecified atom stereocenters. The van der Waals surface area contributed by atoms with Gasteiger partial charge < -0.3 is 4.74 Å². The van der Waals surface area contributed by atoms with Crippen LogP contribution in [0.3, 0.4) is 0 Å². The highest BCUT2D eigenvalue weighted by atomic mass is 32.3. The fourth-order valence-corrected chi connectivity index (χ4v) is 3.80. The van der Waals surface area contributed by atoms with Crippen LogP contribution in [0.25, 0.3) is 0 Å². The van der Waals surface area contributed by atoms with Gasteiger partial charge in [-0.25, -0.2) is 14.3 Å². The fraction of sp³-hybridized carbons (Fsp3) is 0. The third-order valence-corrected chi connectivity index (χ3v) is 6.01. The largest absolute Gasteiger partial charge is 0.457 e. The van der Waals surface area contributed by atoms with E-state index in [-0.39, 0.29) is 8.72 Å². The minimum absolute atomic E-state index is 0.334. The van der Waals surface area contributed by atoms with Gasteiger partial charge in [-0.2, -0.15) is 8.42 Å². The number of nitrogens with one attached hydrogen (secondary N) is 1. The summed E-state index contributed by atoms with van der Waals surface area (Å²) in [7, 11) is -9.02. The molecular formula is C12H14N4O5S2. The van der Waals surface area contributed by atoms with Crippen molar-refractivity contribution < 1.29 is 21.6 Å². The van der Waals surface area contributed by atoms with Crippen molar-refractivity contribution in [3.8, 4) is 11.5 Å². The van der Waals surface area contributed by atoms with Gasteiger partial charge in [0.25, 0.3) is 10.0 Å². The summed E-state index contributed by atoms with van der Waals surface area (Å²) in [6, 6.07) is 13.9. The van der Waals surface area contributed by atoms with Crippen molar-refractivity contribution in [3.63, 3.8) is 0 Å². The molecule has 2 rings (SSSR count). The number of hydrogen-bond acceptors (Lipinski definition) is 7. The molecule has 0 aliphatic carbocycles. The molecule has 0 radical (unpaired) electrons. The molecule has 0 aromatic heterocycles. The Hall–Kier alpha value is -2.02. The van der Waals surface area contributed by atoms with E-state index in [1.165, 1.54) is 29.1 Å². The zero-order valence-corrected chi connectivity index (χ0v) is 13.3. The zero-order valence-electron chi connectivity index (χ0n) is 11.7. The summed E-state index contributed by atoms with van der Waals surface area (Å²) in [6.07, 6.45) is 0. The van der Waals surface area contributed by atoms with Crippen molar-refractivity contribution in [3.05, 3.63) is 54.6 Å². The van der Waals surface area contributed by atoms with E-state index in [0.29, 0.717) is 11.5 Å². The average molecular weight is 358 g/mol. The molecular weight excluding hydrogens is 344 g/mol. The van der Waals surface area contributed by atoms with Gasteiger partial charge >= 0.3 is 10.2 Å². The average Bonchev–Trinajstić information content (AvgIpc) is 2.55. The van der Waals surface area contributed by atoms with E-state index < -0.39 is 20.2 Å². The Bertz CT molecular complexity index is 867. The first-order valence-electron chi connectivity index (χ1n) is 6.13. The van der Waals surface area contributed by atoms with E-state index in [9.17, 15) is 16.8 Å². The molecule has 0 heterocycles. The SMILES string of the molecule is NNS(=O)(=O)N(N)S(=O)(=O)c1ccc(Oc2ccccc2)cc1. The zero-order chi connectivity index (χ0) is 17.1. The number of sulfonamides is 1. The van der Waals surface area contributed by atoms with Crippen LogP contribution < -0.4 is 21.3 Å². The highest BCUT2D eigenvalue weighted by Crippen LogP contribution is 2.23. The van der Waals surface area contributed by atoms with Gasteiger partial charge in [-0.3, -0.25) is 5.84 Å². The number of para-hydroxylation sites is 1. The normalized spacial score (nSPS) is 12.3. The summed E-state index contributed by atoms with van der Waals surface area (Å²) in [5, 5.41) is 0. The lowest BCUT2D eigenvalue weighted by Crippen LogP contribution is -2.50. The van der Waals surface area contributed by atoms with Crippen LogP contribution in [0, 0.1) is 0 Å². The Kier molecular flexibility index (Phi) is 4.99. The second kappa shape index (κ2) is 6.62. The summed E-state index contributed by atoms with van der Waals surface area (Å²) in [5.41, 5.74) is 0. The molecule has 0 aliphatic rings. The van der Waals surface area contributed by atoms with Crippen LogP contribution >= 0.6 is 0 Å². The summed E-state index contributed by atoms with van der Waals surface area (Å²) in [6.45, 7) is 0. The number of hydrogen-bond donors (Lipinski definition) is 3. The first-order chi connectivity index (χ1) is 10.8. The topological polar surface area (TPSA) is 145 Å². The second-order valence-electron chi connectivity index (χ2n) is 4.24. The predicted octanol–water partition coefficient (Wildman–Crippen LogP) is 0.0514. The molecule has 23 heavy (non-hydrogen) atoms. The molecule has 11 heteroatoms. The molecule has 124 valence electrons. The summed E-state index contributed by atoms with van der Waals surface area (Å²) in [4.78, 5) is 0.996. The van der Waals surface area contributed by atoms with E-state index >= 15 is 0 Å². The molecule has 0 atom stereocenters. The summed E-state index contributed by atoms with van der Waals surface area (Å²) in [5.74, 6) is 10.8. The minimum Gasteiger partial charge on any atom is -0.457 e. The lowest BCUT2D eigenvalue weighted by molar-refractivity contribution is 0.481. The highest BCUT2D eigenvalue weighted by Gasteiger charge is 2.31. The Morgan fingerprint density at radius 3 is 1.91 bits per heavy atom. The molecule has 0 bridgehead atoms. The molecule has 0 saturated heterocycles. The first kappa shape index (κ1) is 17.3. The van der Waals surface area contributed by atoms with Gasteiger partial charge in [0.15, 0.2) is 0 Å². The van der Waals surface area contributed by atoms with Crippen LogP contribution in [0.2, 0.25) is 0 Å². The van der Waals surface area contributed by atoms with Crippen LogP contribution in [-0.4, -0.2) is 20.7 Å². The van der Waals surface area contributed by atoms with Crippen LogP contribution in [0.4, 0.5) is 0 Å². The standard InChI is InChI=1S/C12H14N4O5S2/c13-15-23(19,20)16(14)22(17,18)12-8-6-11(7-9-12)21-10-4-2-1-3-5-10/h1-9,15H,13-14H2. The molecule has 0 spiro atoms. The number of benzene rings is 2. The van der Waals surface area contributed by atoms with Gasteiger partial charge in [0.2, 0.25) is 0 Å². The number of rotatable bonds is 6. The van der Waals surface area contributed by atoms with Crippen LogP contribution in [0.5, 0.6) is 11.5 Å². The number of hydrazine groups is 2. The van der Waals surface area contributed by atoms with Gasteiger partial charge in [0.1, 0.15) is 11.5 Å². The summed E-state index contributed by atoms with van der Waals surface area (Å²) < 4.78 is 52.1. The van der Waals surface area contributed by atoms with E-state index in [1.54, 1.807) is 24.3 Å². The van der Waals surface area contributed by atoms with Gasteiger partial charge in [0.05, 0.1) is 4.90 Å². The minimum atomic E-state index is -4.54. The van der Waals surface area contributed by atoms with Gasteiger partial charge in [-0.15, -0.1) is 4.83 Å². The third-order valence-electron chi connectivity index (χ3n) is 2.72. The second-order valence-corrected chi connectivity index (χ2v) is 7.87.